The number of nitrogens with zero attached hydrogens (tertiary/aromatic N) is 1. The van der Waals surface area contributed by atoms with Crippen molar-refractivity contribution in [3.63, 3.8) is 0 Å². The predicted octanol–water partition coefficient (Wildman–Crippen LogP) is 16.1. The van der Waals surface area contributed by atoms with E-state index in [1.807, 2.05) is 19.0 Å². The number of phosphoric acid groups is 1. The van der Waals surface area contributed by atoms with Crippen molar-refractivity contribution < 1.29 is 37.6 Å². The zero-order valence-electron chi connectivity index (χ0n) is 41.8. The van der Waals surface area contributed by atoms with Gasteiger partial charge in [0.15, 0.2) is 6.10 Å². The van der Waals surface area contributed by atoms with Crippen LogP contribution in [-0.2, 0) is 32.7 Å². The number of hydrogen-bond donors (Lipinski definition) is 1. The summed E-state index contributed by atoms with van der Waals surface area (Å²) in [6.07, 6.45) is 53.7. The first-order valence-electron chi connectivity index (χ1n) is 26.6. The van der Waals surface area contributed by atoms with E-state index in [1.54, 1.807) is 0 Å². The van der Waals surface area contributed by atoms with Crippen LogP contribution >= 0.6 is 7.82 Å². The van der Waals surface area contributed by atoms with Crippen LogP contribution in [0.2, 0.25) is 0 Å². The number of rotatable bonds is 50. The molecule has 0 saturated carbocycles. The number of allylic oxidation sites excluding steroid dienone is 4. The van der Waals surface area contributed by atoms with Crippen LogP contribution in [0.15, 0.2) is 24.3 Å². The number of unbranched alkanes of at least 4 members (excludes halogenated alkanes) is 32. The van der Waals surface area contributed by atoms with Crippen LogP contribution in [0.5, 0.6) is 0 Å². The third kappa shape index (κ3) is 49.8. The molecule has 0 aliphatic rings. The second-order valence-corrected chi connectivity index (χ2v) is 19.9. The Kier molecular flexibility index (Phi) is 47.3. The number of likely N-dealkylation sites (N-methyl/N-ethyl adjacent to an activating group) is 1. The molecule has 2 atom stereocenters. The molecular weight excluding hydrogens is 810 g/mol. The van der Waals surface area contributed by atoms with E-state index in [0.29, 0.717) is 19.4 Å². The van der Waals surface area contributed by atoms with Crippen LogP contribution in [0.25, 0.3) is 0 Å². The molecule has 0 aliphatic carbocycles. The first-order chi connectivity index (χ1) is 30.7. The molecule has 0 bridgehead atoms. The van der Waals surface area contributed by atoms with Gasteiger partial charge < -0.3 is 19.3 Å². The van der Waals surface area contributed by atoms with Gasteiger partial charge in [-0.2, -0.15) is 0 Å². The summed E-state index contributed by atoms with van der Waals surface area (Å²) < 4.78 is 33.7. The first-order valence-corrected chi connectivity index (χ1v) is 28.1. The van der Waals surface area contributed by atoms with Crippen molar-refractivity contribution in [1.82, 2.24) is 4.90 Å². The lowest BCUT2D eigenvalue weighted by Crippen LogP contribution is -2.29. The molecule has 0 heterocycles. The van der Waals surface area contributed by atoms with Gasteiger partial charge in [-0.3, -0.25) is 18.6 Å². The number of esters is 2. The summed E-state index contributed by atoms with van der Waals surface area (Å²) in [5.41, 5.74) is 0. The minimum absolute atomic E-state index is 0.00883. The summed E-state index contributed by atoms with van der Waals surface area (Å²) in [5.74, 6) is -0.793. The lowest BCUT2D eigenvalue weighted by atomic mass is 10.0. The molecular formula is C53H102NO8P. The largest absolute Gasteiger partial charge is 0.472 e. The second-order valence-electron chi connectivity index (χ2n) is 18.4. The highest BCUT2D eigenvalue weighted by atomic mass is 31.2. The number of carbonyl (C=O) groups excluding carboxylic acids is 2. The van der Waals surface area contributed by atoms with E-state index in [9.17, 15) is 19.0 Å². The number of hydrogen-bond acceptors (Lipinski definition) is 8. The molecule has 0 aromatic heterocycles. The maximum absolute atomic E-state index is 12.7. The molecule has 372 valence electrons. The maximum Gasteiger partial charge on any atom is 0.472 e. The van der Waals surface area contributed by atoms with Gasteiger partial charge in [-0.25, -0.2) is 4.57 Å². The predicted molar refractivity (Wildman–Crippen MR) is 266 cm³/mol. The Hall–Kier alpha value is -1.51. The van der Waals surface area contributed by atoms with Gasteiger partial charge >= 0.3 is 19.8 Å². The molecule has 1 N–H and O–H groups in total. The standard InChI is InChI=1S/C53H102NO8P/c1-5-7-9-11-13-15-17-19-21-23-25-26-28-29-31-33-35-37-39-41-43-45-52(55)59-49-51(50-61-63(57,58)60-48-47-54(3)4)62-53(56)46-44-42-40-38-36-34-32-30-27-24-22-20-18-16-14-12-10-8-6-2/h14,16,20,22,51H,5-13,15,17-19,21,23-50H2,1-4H3,(H,57,58)/b16-14-,22-20-. The molecule has 10 heteroatoms. The van der Waals surface area contributed by atoms with Gasteiger partial charge in [-0.05, 0) is 59.0 Å². The van der Waals surface area contributed by atoms with Crippen molar-refractivity contribution in [2.45, 2.75) is 264 Å². The fourth-order valence-corrected chi connectivity index (χ4v) is 8.40. The van der Waals surface area contributed by atoms with Gasteiger partial charge in [-0.15, -0.1) is 0 Å². The zero-order valence-corrected chi connectivity index (χ0v) is 42.7. The van der Waals surface area contributed by atoms with Crippen molar-refractivity contribution in [2.75, 3.05) is 40.5 Å². The highest BCUT2D eigenvalue weighted by Crippen LogP contribution is 2.43. The van der Waals surface area contributed by atoms with Crippen molar-refractivity contribution in [3.05, 3.63) is 24.3 Å². The molecule has 0 rings (SSSR count). The molecule has 0 aromatic rings. The van der Waals surface area contributed by atoms with Gasteiger partial charge in [0.1, 0.15) is 6.61 Å². The number of ether oxygens (including phenoxy) is 2. The average Bonchev–Trinajstić information content (AvgIpc) is 3.25. The van der Waals surface area contributed by atoms with Crippen LogP contribution < -0.4 is 0 Å². The molecule has 0 spiro atoms. The summed E-state index contributed by atoms with van der Waals surface area (Å²) in [7, 11) is -0.706. The molecule has 0 amide bonds. The van der Waals surface area contributed by atoms with Crippen molar-refractivity contribution in [3.8, 4) is 0 Å². The zero-order chi connectivity index (χ0) is 46.2. The fraction of sp³-hybridized carbons (Fsp3) is 0.887. The summed E-state index contributed by atoms with van der Waals surface area (Å²) >= 11 is 0. The van der Waals surface area contributed by atoms with Crippen LogP contribution in [0.1, 0.15) is 258 Å². The molecule has 0 fully saturated rings. The van der Waals surface area contributed by atoms with E-state index < -0.39 is 26.5 Å². The lowest BCUT2D eigenvalue weighted by molar-refractivity contribution is -0.161. The minimum Gasteiger partial charge on any atom is -0.462 e. The highest BCUT2D eigenvalue weighted by Gasteiger charge is 2.26. The molecule has 0 saturated heterocycles. The van der Waals surface area contributed by atoms with E-state index in [2.05, 4.69) is 38.2 Å². The van der Waals surface area contributed by atoms with Gasteiger partial charge in [0.05, 0.1) is 13.2 Å². The Labute approximate surface area is 389 Å². The molecule has 0 radical (unpaired) electrons. The molecule has 63 heavy (non-hydrogen) atoms. The van der Waals surface area contributed by atoms with Gasteiger partial charge in [0, 0.05) is 19.4 Å². The van der Waals surface area contributed by atoms with Gasteiger partial charge in [0.2, 0.25) is 0 Å². The van der Waals surface area contributed by atoms with E-state index in [-0.39, 0.29) is 25.6 Å². The first kappa shape index (κ1) is 61.5. The molecule has 2 unspecified atom stereocenters. The summed E-state index contributed by atoms with van der Waals surface area (Å²) in [6.45, 7) is 4.35. The van der Waals surface area contributed by atoms with E-state index in [4.69, 9.17) is 18.5 Å². The summed E-state index contributed by atoms with van der Waals surface area (Å²) in [4.78, 5) is 37.3. The SMILES string of the molecule is CCCCC/C=C\C/C=C\CCCCCCCCCCCC(=O)OC(COC(=O)CCCCCCCCCCCCCCCCCCCCCCC)COP(=O)(O)OCCN(C)C. The monoisotopic (exact) mass is 912 g/mol. The van der Waals surface area contributed by atoms with Crippen LogP contribution in [0.3, 0.4) is 0 Å². The Morgan fingerprint density at radius 3 is 1.29 bits per heavy atom. The van der Waals surface area contributed by atoms with Crippen molar-refractivity contribution in [1.29, 1.82) is 0 Å². The lowest BCUT2D eigenvalue weighted by Gasteiger charge is -2.20. The molecule has 9 nitrogen and oxygen atoms in total. The maximum atomic E-state index is 12.7. The molecule has 0 aromatic carbocycles. The topological polar surface area (TPSA) is 112 Å². The van der Waals surface area contributed by atoms with Crippen LogP contribution in [0, 0.1) is 0 Å². The van der Waals surface area contributed by atoms with E-state index in [0.717, 1.165) is 44.9 Å². The third-order valence-corrected chi connectivity index (χ3v) is 12.7. The Balaban J connectivity index is 4.13. The van der Waals surface area contributed by atoms with Crippen LogP contribution in [0.4, 0.5) is 0 Å². The van der Waals surface area contributed by atoms with Crippen LogP contribution in [-0.4, -0.2) is 68.3 Å². The third-order valence-electron chi connectivity index (χ3n) is 11.8. The number of phosphoric ester groups is 1. The fourth-order valence-electron chi connectivity index (χ4n) is 7.66. The normalized spacial score (nSPS) is 13.4. The Morgan fingerprint density at radius 1 is 0.492 bits per heavy atom. The van der Waals surface area contributed by atoms with E-state index >= 15 is 0 Å². The number of carbonyl (C=O) groups is 2. The van der Waals surface area contributed by atoms with E-state index in [1.165, 1.54) is 180 Å². The Morgan fingerprint density at radius 2 is 0.857 bits per heavy atom. The second kappa shape index (κ2) is 48.4. The molecule has 0 aliphatic heterocycles. The van der Waals surface area contributed by atoms with Gasteiger partial charge in [0.25, 0.3) is 0 Å². The van der Waals surface area contributed by atoms with Gasteiger partial charge in [-0.1, -0.05) is 224 Å². The Bertz CT molecular complexity index is 1100. The highest BCUT2D eigenvalue weighted by molar-refractivity contribution is 7.47. The minimum atomic E-state index is -4.37. The van der Waals surface area contributed by atoms with Crippen molar-refractivity contribution in [2.24, 2.45) is 0 Å². The summed E-state index contributed by atoms with van der Waals surface area (Å²) in [5, 5.41) is 0. The summed E-state index contributed by atoms with van der Waals surface area (Å²) in [6, 6.07) is 0. The average molecular weight is 912 g/mol. The van der Waals surface area contributed by atoms with Crippen molar-refractivity contribution >= 4 is 19.8 Å². The quantitative estimate of drug-likeness (QED) is 0.0276. The smallest absolute Gasteiger partial charge is 0.462 e.